The Morgan fingerprint density at radius 2 is 1.59 bits per heavy atom. The van der Waals surface area contributed by atoms with Crippen LogP contribution in [0.2, 0.25) is 19.6 Å². The summed E-state index contributed by atoms with van der Waals surface area (Å²) in [5.74, 6) is 0. The van der Waals surface area contributed by atoms with Gasteiger partial charge >= 0.3 is 18.6 Å². The van der Waals surface area contributed by atoms with Crippen LogP contribution < -0.4 is 24.8 Å². The minimum absolute atomic E-state index is 0. The molecule has 0 amide bonds. The van der Waals surface area contributed by atoms with E-state index in [0.29, 0.717) is 0 Å². The molecule has 99 valence electrons. The van der Waals surface area contributed by atoms with Crippen molar-refractivity contribution in [1.82, 2.24) is 4.90 Å². The van der Waals surface area contributed by atoms with Crippen molar-refractivity contribution >= 4 is 8.07 Å². The van der Waals surface area contributed by atoms with Crippen LogP contribution in [0.4, 0.5) is 0 Å². The summed E-state index contributed by atoms with van der Waals surface area (Å²) in [7, 11) is -1.13. The smallest absolute Gasteiger partial charge is 1.00 e. The van der Waals surface area contributed by atoms with E-state index >= 15 is 0 Å². The molecule has 0 unspecified atom stereocenters. The van der Waals surface area contributed by atoms with Crippen LogP contribution in [-0.2, 0) is 18.6 Å². The Balaban J connectivity index is -0.000000653. The van der Waals surface area contributed by atoms with Crippen molar-refractivity contribution in [3.8, 4) is 0 Å². The third kappa shape index (κ3) is 5.89. The van der Waals surface area contributed by atoms with Crippen LogP contribution in [0.5, 0.6) is 0 Å². The molecule has 0 aromatic heterocycles. The topological polar surface area (TPSA) is 3.24 Å². The van der Waals surface area contributed by atoms with Gasteiger partial charge in [0.05, 0.1) is 8.07 Å². The van der Waals surface area contributed by atoms with Gasteiger partial charge in [-0.2, -0.15) is 0 Å². The molecule has 0 saturated carbocycles. The maximum Gasteiger partial charge on any atom is 2.00 e. The van der Waals surface area contributed by atoms with Crippen LogP contribution >= 0.6 is 0 Å². The van der Waals surface area contributed by atoms with Crippen molar-refractivity contribution in [2.24, 2.45) is 0 Å². The van der Waals surface area contributed by atoms with Gasteiger partial charge in [0.15, 0.2) is 0 Å². The Bertz CT molecular complexity index is 268. The third-order valence-corrected chi connectivity index (χ3v) is 4.93. The van der Waals surface area contributed by atoms with Crippen molar-refractivity contribution < 1.29 is 43.4 Å². The molecule has 0 atom stereocenters. The minimum atomic E-state index is -1.13. The van der Waals surface area contributed by atoms with Gasteiger partial charge in [0.1, 0.15) is 0 Å². The summed E-state index contributed by atoms with van der Waals surface area (Å²) >= 11 is 0. The SMILES string of the molecule is CCN(CC)C1=C([Si](C)(C)C)C=CC1.[Cl-].[Cl-].[V+2]. The fraction of sp³-hybridized carbons (Fsp3) is 0.667. The Kier molecular flexibility index (Phi) is 12.8. The van der Waals surface area contributed by atoms with Crippen LogP contribution in [0.1, 0.15) is 20.3 Å². The second-order valence-electron chi connectivity index (χ2n) is 4.89. The van der Waals surface area contributed by atoms with Gasteiger partial charge in [-0.25, -0.2) is 0 Å². The van der Waals surface area contributed by atoms with E-state index in [2.05, 4.69) is 50.5 Å². The molecule has 17 heavy (non-hydrogen) atoms. The first-order chi connectivity index (χ1) is 6.50. The summed E-state index contributed by atoms with van der Waals surface area (Å²) in [5, 5.41) is 1.65. The number of rotatable bonds is 4. The molecule has 0 heterocycles. The van der Waals surface area contributed by atoms with Gasteiger partial charge in [0.25, 0.3) is 0 Å². The van der Waals surface area contributed by atoms with Crippen LogP contribution in [0.15, 0.2) is 23.0 Å². The molecule has 5 heteroatoms. The molecule has 1 radical (unpaired) electrons. The van der Waals surface area contributed by atoms with E-state index in [4.69, 9.17) is 0 Å². The molecular formula is C12H23Cl2NSiV. The molecule has 1 rings (SSSR count). The van der Waals surface area contributed by atoms with Gasteiger partial charge in [-0.05, 0) is 19.0 Å². The standard InChI is InChI=1S/C12H23NSi.2ClH.V/c1-6-13(7-2)11-9-8-10-12(11)14(3,4)5;;;/h8,10H,6-7,9H2,1-5H3;2*1H;/q;;;+2/p-2. The summed E-state index contributed by atoms with van der Waals surface area (Å²) in [4.78, 5) is 2.51. The van der Waals surface area contributed by atoms with Crippen LogP contribution in [-0.4, -0.2) is 26.1 Å². The molecule has 0 fully saturated rings. The van der Waals surface area contributed by atoms with E-state index in [1.54, 1.807) is 10.9 Å². The van der Waals surface area contributed by atoms with Crippen molar-refractivity contribution in [2.75, 3.05) is 13.1 Å². The first kappa shape index (κ1) is 22.8. The number of hydrogen-bond donors (Lipinski definition) is 0. The van der Waals surface area contributed by atoms with Crippen LogP contribution in [0.25, 0.3) is 0 Å². The largest absolute Gasteiger partial charge is 2.00 e. The summed E-state index contributed by atoms with van der Waals surface area (Å²) in [6.45, 7) is 14.1. The first-order valence-electron chi connectivity index (χ1n) is 5.65. The number of halogens is 2. The molecule has 0 aromatic carbocycles. The van der Waals surface area contributed by atoms with Crippen LogP contribution in [0, 0.1) is 0 Å². The van der Waals surface area contributed by atoms with Crippen molar-refractivity contribution in [2.45, 2.75) is 39.9 Å². The summed E-state index contributed by atoms with van der Waals surface area (Å²) in [5.41, 5.74) is 1.59. The van der Waals surface area contributed by atoms with Gasteiger partial charge in [-0.15, -0.1) is 0 Å². The Labute approximate surface area is 132 Å². The van der Waals surface area contributed by atoms with Crippen LogP contribution in [0.3, 0.4) is 0 Å². The van der Waals surface area contributed by atoms with Gasteiger partial charge in [-0.3, -0.25) is 0 Å². The Morgan fingerprint density at radius 3 is 1.94 bits per heavy atom. The maximum absolute atomic E-state index is 2.51. The quantitative estimate of drug-likeness (QED) is 0.512. The number of hydrogen-bond acceptors (Lipinski definition) is 1. The van der Waals surface area contributed by atoms with E-state index < -0.39 is 8.07 Å². The maximum atomic E-state index is 2.51. The monoisotopic (exact) mass is 330 g/mol. The second kappa shape index (κ2) is 9.57. The average Bonchev–Trinajstić information content (AvgIpc) is 2.54. The minimum Gasteiger partial charge on any atom is -1.00 e. The normalized spacial score (nSPS) is 13.7. The van der Waals surface area contributed by atoms with E-state index in [-0.39, 0.29) is 43.4 Å². The first-order valence-corrected chi connectivity index (χ1v) is 9.15. The predicted molar refractivity (Wildman–Crippen MR) is 67.1 cm³/mol. The molecule has 0 aliphatic heterocycles. The zero-order chi connectivity index (χ0) is 10.8. The third-order valence-electron chi connectivity index (χ3n) is 2.86. The number of nitrogens with zero attached hydrogens (tertiary/aromatic N) is 1. The average molecular weight is 331 g/mol. The van der Waals surface area contributed by atoms with E-state index in [1.807, 2.05) is 0 Å². The predicted octanol–water partition coefficient (Wildman–Crippen LogP) is -2.57. The molecule has 0 aromatic rings. The van der Waals surface area contributed by atoms with Crippen molar-refractivity contribution in [1.29, 1.82) is 0 Å². The Hall–Kier alpha value is 0.661. The molecule has 0 bridgehead atoms. The molecule has 1 aliphatic carbocycles. The number of allylic oxidation sites excluding steroid dienone is 3. The second-order valence-corrected chi connectivity index (χ2v) is 9.93. The summed E-state index contributed by atoms with van der Waals surface area (Å²) in [6.07, 6.45) is 5.84. The molecule has 1 aliphatic rings. The molecule has 0 N–H and O–H groups in total. The molecule has 0 saturated heterocycles. The molecular weight excluding hydrogens is 308 g/mol. The van der Waals surface area contributed by atoms with Crippen molar-refractivity contribution in [3.05, 3.63) is 23.0 Å². The zero-order valence-electron chi connectivity index (χ0n) is 11.4. The van der Waals surface area contributed by atoms with E-state index in [1.165, 1.54) is 0 Å². The molecule has 0 spiro atoms. The van der Waals surface area contributed by atoms with Gasteiger partial charge in [-0.1, -0.05) is 31.8 Å². The Morgan fingerprint density at radius 1 is 1.12 bits per heavy atom. The fourth-order valence-corrected chi connectivity index (χ4v) is 3.83. The van der Waals surface area contributed by atoms with Gasteiger partial charge in [0, 0.05) is 25.2 Å². The van der Waals surface area contributed by atoms with Crippen molar-refractivity contribution in [3.63, 3.8) is 0 Å². The van der Waals surface area contributed by atoms with Gasteiger partial charge < -0.3 is 29.7 Å². The molecule has 1 nitrogen and oxygen atoms in total. The zero-order valence-corrected chi connectivity index (χ0v) is 15.3. The van der Waals surface area contributed by atoms with E-state index in [0.717, 1.165) is 19.5 Å². The summed E-state index contributed by atoms with van der Waals surface area (Å²) in [6, 6.07) is 0. The van der Waals surface area contributed by atoms with E-state index in [9.17, 15) is 0 Å². The summed E-state index contributed by atoms with van der Waals surface area (Å²) < 4.78 is 0. The fourth-order valence-electron chi connectivity index (χ4n) is 2.08. The van der Waals surface area contributed by atoms with Gasteiger partial charge in [0.2, 0.25) is 0 Å².